The molecule has 1 aromatic rings. The van der Waals surface area contributed by atoms with Crippen molar-refractivity contribution in [1.82, 2.24) is 0 Å². The fourth-order valence-corrected chi connectivity index (χ4v) is 2.88. The minimum absolute atomic E-state index is 0.0106. The molecule has 2 rings (SSSR count). The van der Waals surface area contributed by atoms with E-state index in [2.05, 4.69) is 4.99 Å². The molecule has 24 heavy (non-hydrogen) atoms. The summed E-state index contributed by atoms with van der Waals surface area (Å²) in [4.78, 5) is 27.2. The fraction of sp³-hybridized carbons (Fsp3) is 0.444. The van der Waals surface area contributed by atoms with Crippen molar-refractivity contribution in [1.29, 1.82) is 0 Å². The fourth-order valence-electron chi connectivity index (χ4n) is 2.88. The van der Waals surface area contributed by atoms with E-state index in [4.69, 9.17) is 0 Å². The maximum Gasteiger partial charge on any atom is 0.269 e. The van der Waals surface area contributed by atoms with Gasteiger partial charge in [0.2, 0.25) is 0 Å². The third-order valence-electron chi connectivity index (χ3n) is 3.95. The molecule has 6 nitrogen and oxygen atoms in total. The van der Waals surface area contributed by atoms with Crippen molar-refractivity contribution < 1.29 is 14.8 Å². The smallest absolute Gasteiger partial charge is 0.269 e. The minimum atomic E-state index is -0.470. The van der Waals surface area contributed by atoms with E-state index in [1.165, 1.54) is 12.1 Å². The molecule has 0 bridgehead atoms. The Kier molecular flexibility index (Phi) is 5.17. The summed E-state index contributed by atoms with van der Waals surface area (Å²) in [5, 5.41) is 21.0. The lowest BCUT2D eigenvalue weighted by Crippen LogP contribution is -2.32. The third kappa shape index (κ3) is 4.07. The Morgan fingerprint density at radius 2 is 1.92 bits per heavy atom. The number of rotatable bonds is 4. The molecule has 0 amide bonds. The minimum Gasteiger partial charge on any atom is -0.511 e. The summed E-state index contributed by atoms with van der Waals surface area (Å²) >= 11 is 0. The van der Waals surface area contributed by atoms with Crippen LogP contribution in [0.4, 0.5) is 11.4 Å². The van der Waals surface area contributed by atoms with Crippen LogP contribution in [0.5, 0.6) is 0 Å². The standard InChI is InChI=1S/C18H22N2O4/c1-4-5-15(21)17-14(10-18(2,3)11-16(17)22)19-12-6-8-13(9-7-12)20(23)24/h6-9,21H,4-5,10-11H2,1-3H3/b17-15+,19-14?. The first-order valence-electron chi connectivity index (χ1n) is 8.01. The number of carbonyl (C=O) groups excluding carboxylic acids is 1. The Hall–Kier alpha value is -2.50. The number of hydrogen-bond donors (Lipinski definition) is 1. The van der Waals surface area contributed by atoms with Crippen LogP contribution in [-0.2, 0) is 4.79 Å². The van der Waals surface area contributed by atoms with Gasteiger partial charge >= 0.3 is 0 Å². The topological polar surface area (TPSA) is 92.8 Å². The van der Waals surface area contributed by atoms with Gasteiger partial charge in [-0.25, -0.2) is 0 Å². The monoisotopic (exact) mass is 330 g/mol. The van der Waals surface area contributed by atoms with Gasteiger partial charge in [-0.05, 0) is 30.4 Å². The summed E-state index contributed by atoms with van der Waals surface area (Å²) in [7, 11) is 0. The highest BCUT2D eigenvalue weighted by molar-refractivity contribution is 6.25. The van der Waals surface area contributed by atoms with Crippen LogP contribution >= 0.6 is 0 Å². The van der Waals surface area contributed by atoms with Crippen LogP contribution in [-0.4, -0.2) is 21.5 Å². The van der Waals surface area contributed by atoms with Crippen LogP contribution in [0.15, 0.2) is 40.6 Å². The van der Waals surface area contributed by atoms with Gasteiger partial charge in [0, 0.05) is 25.0 Å². The molecule has 1 N–H and O–H groups in total. The summed E-state index contributed by atoms with van der Waals surface area (Å²) < 4.78 is 0. The van der Waals surface area contributed by atoms with Crippen LogP contribution in [0.1, 0.15) is 46.5 Å². The van der Waals surface area contributed by atoms with Crippen molar-refractivity contribution in [3.05, 3.63) is 45.7 Å². The zero-order valence-electron chi connectivity index (χ0n) is 14.2. The highest BCUT2D eigenvalue weighted by atomic mass is 16.6. The Morgan fingerprint density at radius 1 is 1.29 bits per heavy atom. The van der Waals surface area contributed by atoms with Gasteiger partial charge in [0.25, 0.3) is 5.69 Å². The van der Waals surface area contributed by atoms with Crippen molar-refractivity contribution in [3.63, 3.8) is 0 Å². The van der Waals surface area contributed by atoms with E-state index in [0.717, 1.165) is 6.42 Å². The molecule has 1 aliphatic rings. The molecule has 6 heteroatoms. The van der Waals surface area contributed by atoms with Gasteiger partial charge < -0.3 is 5.11 Å². The SMILES string of the molecule is CCC/C(O)=C1\C(=O)CC(C)(C)CC1=Nc1ccc([N+](=O)[O-])cc1. The van der Waals surface area contributed by atoms with Gasteiger partial charge in [0.05, 0.1) is 21.9 Å². The lowest BCUT2D eigenvalue weighted by Gasteiger charge is -2.31. The molecule has 0 heterocycles. The molecule has 1 aromatic carbocycles. The number of nitrogens with zero attached hydrogens (tertiary/aromatic N) is 2. The number of benzene rings is 1. The highest BCUT2D eigenvalue weighted by Gasteiger charge is 2.36. The first kappa shape index (κ1) is 17.8. The zero-order chi connectivity index (χ0) is 17.9. The predicted molar refractivity (Wildman–Crippen MR) is 92.8 cm³/mol. The van der Waals surface area contributed by atoms with Crippen LogP contribution in [0.3, 0.4) is 0 Å². The zero-order valence-corrected chi connectivity index (χ0v) is 14.2. The Morgan fingerprint density at radius 3 is 2.46 bits per heavy atom. The second-order valence-electron chi connectivity index (χ2n) is 6.84. The first-order chi connectivity index (χ1) is 11.2. The van der Waals surface area contributed by atoms with Gasteiger partial charge in [0.15, 0.2) is 5.78 Å². The molecule has 0 saturated heterocycles. The van der Waals surface area contributed by atoms with E-state index in [0.29, 0.717) is 36.2 Å². The number of ketones is 1. The van der Waals surface area contributed by atoms with E-state index in [-0.39, 0.29) is 22.6 Å². The number of allylic oxidation sites excluding steroid dienone is 2. The third-order valence-corrected chi connectivity index (χ3v) is 3.95. The Labute approximate surface area is 141 Å². The molecule has 1 saturated carbocycles. The Balaban J connectivity index is 2.46. The first-order valence-corrected chi connectivity index (χ1v) is 8.01. The van der Waals surface area contributed by atoms with Gasteiger partial charge in [-0.3, -0.25) is 19.9 Å². The number of hydrogen-bond acceptors (Lipinski definition) is 5. The number of Topliss-reactive ketones (excluding diaryl/α,β-unsaturated/α-hetero) is 1. The number of aliphatic hydroxyl groups excluding tert-OH is 1. The van der Waals surface area contributed by atoms with E-state index in [1.54, 1.807) is 12.1 Å². The molecule has 0 atom stereocenters. The van der Waals surface area contributed by atoms with Crippen LogP contribution in [0, 0.1) is 15.5 Å². The number of carbonyl (C=O) groups is 1. The van der Waals surface area contributed by atoms with Crippen LogP contribution < -0.4 is 0 Å². The molecule has 1 fully saturated rings. The molecule has 1 aliphatic carbocycles. The van der Waals surface area contributed by atoms with Gasteiger partial charge in [-0.15, -0.1) is 0 Å². The number of nitro benzene ring substituents is 1. The molecule has 0 radical (unpaired) electrons. The summed E-state index contributed by atoms with van der Waals surface area (Å²) in [6, 6.07) is 5.85. The lowest BCUT2D eigenvalue weighted by atomic mass is 9.73. The number of aliphatic imine (C=N–C) groups is 1. The van der Waals surface area contributed by atoms with Crippen LogP contribution in [0.2, 0.25) is 0 Å². The van der Waals surface area contributed by atoms with Crippen molar-refractivity contribution in [2.75, 3.05) is 0 Å². The summed E-state index contributed by atoms with van der Waals surface area (Å²) in [5.41, 5.74) is 1.16. The van der Waals surface area contributed by atoms with Crippen molar-refractivity contribution >= 4 is 22.9 Å². The van der Waals surface area contributed by atoms with E-state index >= 15 is 0 Å². The quantitative estimate of drug-likeness (QED) is 0.376. The maximum atomic E-state index is 12.5. The largest absolute Gasteiger partial charge is 0.511 e. The molecular weight excluding hydrogens is 308 g/mol. The summed E-state index contributed by atoms with van der Waals surface area (Å²) in [6.07, 6.45) is 2.10. The van der Waals surface area contributed by atoms with Crippen LogP contribution in [0.25, 0.3) is 0 Å². The second kappa shape index (κ2) is 6.95. The van der Waals surface area contributed by atoms with Gasteiger partial charge in [-0.1, -0.05) is 20.8 Å². The summed E-state index contributed by atoms with van der Waals surface area (Å²) in [5.74, 6) is -0.0171. The summed E-state index contributed by atoms with van der Waals surface area (Å²) in [6.45, 7) is 5.91. The van der Waals surface area contributed by atoms with E-state index in [1.807, 2.05) is 20.8 Å². The molecule has 0 spiro atoms. The molecule has 0 unspecified atom stereocenters. The van der Waals surface area contributed by atoms with E-state index < -0.39 is 4.92 Å². The van der Waals surface area contributed by atoms with E-state index in [9.17, 15) is 20.0 Å². The Bertz CT molecular complexity index is 715. The number of non-ortho nitro benzene ring substituents is 1. The van der Waals surface area contributed by atoms with Gasteiger partial charge in [-0.2, -0.15) is 0 Å². The average molecular weight is 330 g/mol. The molecular formula is C18H22N2O4. The lowest BCUT2D eigenvalue weighted by molar-refractivity contribution is -0.384. The number of aliphatic hydroxyl groups is 1. The van der Waals surface area contributed by atoms with Crippen molar-refractivity contribution in [2.24, 2.45) is 10.4 Å². The maximum absolute atomic E-state index is 12.5. The molecule has 0 aromatic heterocycles. The average Bonchev–Trinajstić information content (AvgIpc) is 2.46. The van der Waals surface area contributed by atoms with Gasteiger partial charge in [0.1, 0.15) is 5.76 Å². The predicted octanol–water partition coefficient (Wildman–Crippen LogP) is 4.67. The van der Waals surface area contributed by atoms with Crippen molar-refractivity contribution in [2.45, 2.75) is 46.5 Å². The highest BCUT2D eigenvalue weighted by Crippen LogP contribution is 2.36. The normalized spacial score (nSPS) is 21.0. The number of nitro groups is 1. The second-order valence-corrected chi connectivity index (χ2v) is 6.84. The molecule has 128 valence electrons. The van der Waals surface area contributed by atoms with Crippen molar-refractivity contribution in [3.8, 4) is 0 Å². The molecule has 0 aliphatic heterocycles.